The molecule has 0 bridgehead atoms. The quantitative estimate of drug-likeness (QED) is 0.562. The molecule has 2 aliphatic rings. The van der Waals surface area contributed by atoms with Crippen molar-refractivity contribution in [2.75, 3.05) is 0 Å². The highest BCUT2D eigenvalue weighted by Gasteiger charge is 2.36. The largest absolute Gasteiger partial charge is 0.393 e. The fourth-order valence-corrected chi connectivity index (χ4v) is 2.89. The van der Waals surface area contributed by atoms with Crippen molar-refractivity contribution < 1.29 is 15.3 Å². The maximum atomic E-state index is 9.90. The first kappa shape index (κ1) is 13.3. The normalized spacial score (nSPS) is 35.3. The molecule has 0 saturated heterocycles. The molecule has 3 atom stereocenters. The van der Waals surface area contributed by atoms with E-state index >= 15 is 0 Å². The SMILES string of the molecule is NC(CC(O)C(O)C1CC1)C1CCC(O)CC1. The van der Waals surface area contributed by atoms with E-state index in [-0.39, 0.29) is 12.1 Å². The van der Waals surface area contributed by atoms with Gasteiger partial charge in [-0.15, -0.1) is 0 Å². The summed E-state index contributed by atoms with van der Waals surface area (Å²) >= 11 is 0. The third-order valence-corrected chi connectivity index (χ3v) is 4.36. The van der Waals surface area contributed by atoms with Crippen LogP contribution in [0.4, 0.5) is 0 Å². The molecule has 2 rings (SSSR count). The van der Waals surface area contributed by atoms with Gasteiger partial charge in [0, 0.05) is 6.04 Å². The molecule has 0 amide bonds. The molecular formula is C13H25NO3. The summed E-state index contributed by atoms with van der Waals surface area (Å²) in [6.07, 6.45) is 4.63. The van der Waals surface area contributed by atoms with Gasteiger partial charge in [-0.1, -0.05) is 0 Å². The minimum atomic E-state index is -0.677. The van der Waals surface area contributed by atoms with Crippen molar-refractivity contribution in [2.24, 2.45) is 17.6 Å². The first-order valence-corrected chi connectivity index (χ1v) is 6.87. The molecule has 2 fully saturated rings. The monoisotopic (exact) mass is 243 g/mol. The highest BCUT2D eigenvalue weighted by Crippen LogP contribution is 2.35. The van der Waals surface area contributed by atoms with E-state index in [1.54, 1.807) is 0 Å². The molecule has 3 unspecified atom stereocenters. The van der Waals surface area contributed by atoms with Crippen LogP contribution in [0.3, 0.4) is 0 Å². The fraction of sp³-hybridized carbons (Fsp3) is 1.00. The fourth-order valence-electron chi connectivity index (χ4n) is 2.89. The van der Waals surface area contributed by atoms with Gasteiger partial charge in [-0.3, -0.25) is 0 Å². The molecule has 0 spiro atoms. The van der Waals surface area contributed by atoms with Gasteiger partial charge in [-0.05, 0) is 56.8 Å². The van der Waals surface area contributed by atoms with Crippen molar-refractivity contribution in [1.29, 1.82) is 0 Å². The van der Waals surface area contributed by atoms with Crippen molar-refractivity contribution in [3.63, 3.8) is 0 Å². The van der Waals surface area contributed by atoms with E-state index in [9.17, 15) is 15.3 Å². The summed E-state index contributed by atoms with van der Waals surface area (Å²) in [5.74, 6) is 0.685. The van der Waals surface area contributed by atoms with Crippen LogP contribution < -0.4 is 5.73 Å². The predicted octanol–water partition coefficient (Wildman–Crippen LogP) is 0.387. The van der Waals surface area contributed by atoms with Crippen molar-refractivity contribution in [3.8, 4) is 0 Å². The molecule has 100 valence electrons. The van der Waals surface area contributed by atoms with Gasteiger partial charge in [-0.25, -0.2) is 0 Å². The average molecular weight is 243 g/mol. The second kappa shape index (κ2) is 5.65. The summed E-state index contributed by atoms with van der Waals surface area (Å²) in [7, 11) is 0. The zero-order valence-corrected chi connectivity index (χ0v) is 10.3. The first-order valence-electron chi connectivity index (χ1n) is 6.87. The summed E-state index contributed by atoms with van der Waals surface area (Å²) in [5.41, 5.74) is 6.10. The summed E-state index contributed by atoms with van der Waals surface area (Å²) in [5, 5.41) is 29.1. The zero-order valence-electron chi connectivity index (χ0n) is 10.3. The van der Waals surface area contributed by atoms with Crippen LogP contribution in [0, 0.1) is 11.8 Å². The third kappa shape index (κ3) is 3.65. The Morgan fingerprint density at radius 3 is 2.00 bits per heavy atom. The second-order valence-corrected chi connectivity index (χ2v) is 5.86. The smallest absolute Gasteiger partial charge is 0.0827 e. The van der Waals surface area contributed by atoms with E-state index in [0.717, 1.165) is 38.5 Å². The van der Waals surface area contributed by atoms with E-state index in [2.05, 4.69) is 0 Å². The van der Waals surface area contributed by atoms with Gasteiger partial charge >= 0.3 is 0 Å². The highest BCUT2D eigenvalue weighted by atomic mass is 16.3. The Kier molecular flexibility index (Phi) is 4.42. The van der Waals surface area contributed by atoms with E-state index < -0.39 is 12.2 Å². The molecule has 4 heteroatoms. The molecule has 0 aromatic heterocycles. The Morgan fingerprint density at radius 2 is 1.47 bits per heavy atom. The molecule has 0 heterocycles. The summed E-state index contributed by atoms with van der Waals surface area (Å²) in [4.78, 5) is 0. The Hall–Kier alpha value is -0.160. The number of nitrogens with two attached hydrogens (primary N) is 1. The lowest BCUT2D eigenvalue weighted by Crippen LogP contribution is -2.40. The maximum Gasteiger partial charge on any atom is 0.0827 e. The lowest BCUT2D eigenvalue weighted by Gasteiger charge is -2.31. The van der Waals surface area contributed by atoms with Gasteiger partial charge in [-0.2, -0.15) is 0 Å². The first-order chi connectivity index (χ1) is 8.08. The van der Waals surface area contributed by atoms with Crippen molar-refractivity contribution in [2.45, 2.75) is 69.3 Å². The second-order valence-electron chi connectivity index (χ2n) is 5.86. The van der Waals surface area contributed by atoms with Crippen LogP contribution >= 0.6 is 0 Å². The Bertz CT molecular complexity index is 237. The lowest BCUT2D eigenvalue weighted by atomic mass is 9.80. The minimum absolute atomic E-state index is 0.0501. The van der Waals surface area contributed by atoms with Gasteiger partial charge < -0.3 is 21.1 Å². The summed E-state index contributed by atoms with van der Waals surface area (Å²) in [6, 6.07) is -0.0501. The van der Waals surface area contributed by atoms with Crippen molar-refractivity contribution in [3.05, 3.63) is 0 Å². The topological polar surface area (TPSA) is 86.7 Å². The molecule has 0 aromatic rings. The number of rotatable bonds is 5. The molecule has 4 nitrogen and oxygen atoms in total. The van der Waals surface area contributed by atoms with Crippen LogP contribution in [0.5, 0.6) is 0 Å². The third-order valence-electron chi connectivity index (χ3n) is 4.36. The minimum Gasteiger partial charge on any atom is -0.393 e. The number of hydrogen-bond donors (Lipinski definition) is 4. The molecule has 2 aliphatic carbocycles. The maximum absolute atomic E-state index is 9.90. The Labute approximate surface area is 103 Å². The van der Waals surface area contributed by atoms with Crippen molar-refractivity contribution >= 4 is 0 Å². The molecule has 17 heavy (non-hydrogen) atoms. The van der Waals surface area contributed by atoms with Crippen LogP contribution in [0.2, 0.25) is 0 Å². The number of aliphatic hydroxyl groups is 3. The van der Waals surface area contributed by atoms with E-state index in [0.29, 0.717) is 18.3 Å². The van der Waals surface area contributed by atoms with E-state index in [1.165, 1.54) is 0 Å². The van der Waals surface area contributed by atoms with Gasteiger partial charge in [0.1, 0.15) is 0 Å². The predicted molar refractivity (Wildman–Crippen MR) is 65.3 cm³/mol. The van der Waals surface area contributed by atoms with Gasteiger partial charge in [0.15, 0.2) is 0 Å². The zero-order chi connectivity index (χ0) is 12.4. The van der Waals surface area contributed by atoms with E-state index in [4.69, 9.17) is 5.73 Å². The molecule has 2 saturated carbocycles. The van der Waals surface area contributed by atoms with Gasteiger partial charge in [0.2, 0.25) is 0 Å². The lowest BCUT2D eigenvalue weighted by molar-refractivity contribution is -0.00771. The van der Waals surface area contributed by atoms with Gasteiger partial charge in [0.05, 0.1) is 18.3 Å². The standard InChI is InChI=1S/C13H25NO3/c14-11(8-3-5-10(15)6-4-8)7-12(16)13(17)9-1-2-9/h8-13,15-17H,1-7,14H2. The van der Waals surface area contributed by atoms with Crippen LogP contribution in [-0.2, 0) is 0 Å². The summed E-state index contributed by atoms with van der Waals surface area (Å²) in [6.45, 7) is 0. The van der Waals surface area contributed by atoms with Crippen molar-refractivity contribution in [1.82, 2.24) is 0 Å². The molecular weight excluding hydrogens is 218 g/mol. The average Bonchev–Trinajstić information content (AvgIpc) is 3.12. The molecule has 0 radical (unpaired) electrons. The highest BCUT2D eigenvalue weighted by molar-refractivity contribution is 4.89. The van der Waals surface area contributed by atoms with Gasteiger partial charge in [0.25, 0.3) is 0 Å². The Balaban J connectivity index is 1.73. The van der Waals surface area contributed by atoms with E-state index in [1.807, 2.05) is 0 Å². The Morgan fingerprint density at radius 1 is 0.941 bits per heavy atom. The van der Waals surface area contributed by atoms with Crippen LogP contribution in [0.15, 0.2) is 0 Å². The number of aliphatic hydroxyl groups excluding tert-OH is 3. The van der Waals surface area contributed by atoms with Crippen LogP contribution in [0.1, 0.15) is 44.9 Å². The molecule has 0 aromatic carbocycles. The molecule has 5 N–H and O–H groups in total. The van der Waals surface area contributed by atoms with Crippen LogP contribution in [-0.4, -0.2) is 39.7 Å². The number of hydrogen-bond acceptors (Lipinski definition) is 4. The molecule has 0 aliphatic heterocycles. The summed E-state index contributed by atoms with van der Waals surface area (Å²) < 4.78 is 0. The van der Waals surface area contributed by atoms with Crippen LogP contribution in [0.25, 0.3) is 0 Å².